The number of nitrogens with two attached hydrogens (primary N) is 1. The molecule has 1 aromatic heterocycles. The maximum Gasteiger partial charge on any atom is 0.145 e. The number of aromatic nitrogens is 2. The van der Waals surface area contributed by atoms with Crippen LogP contribution in [-0.4, -0.2) is 17.1 Å². The van der Waals surface area contributed by atoms with Crippen LogP contribution in [0.3, 0.4) is 0 Å². The van der Waals surface area contributed by atoms with Crippen molar-refractivity contribution in [2.45, 2.75) is 26.2 Å². The van der Waals surface area contributed by atoms with Crippen molar-refractivity contribution in [1.82, 2.24) is 9.97 Å². The molecular formula is C15H21N5O. The molecule has 0 aliphatic rings. The number of nitrogens with zero attached hydrogens (tertiary/aromatic N) is 2. The summed E-state index contributed by atoms with van der Waals surface area (Å²) in [6, 6.07) is 9.38. The van der Waals surface area contributed by atoms with Crippen LogP contribution in [0.5, 0.6) is 5.75 Å². The molecule has 21 heavy (non-hydrogen) atoms. The maximum absolute atomic E-state index is 5.48. The van der Waals surface area contributed by atoms with Crippen LogP contribution in [-0.2, 0) is 5.41 Å². The summed E-state index contributed by atoms with van der Waals surface area (Å²) in [5.41, 5.74) is 3.32. The molecule has 0 unspecified atom stereocenters. The topological polar surface area (TPSA) is 85.1 Å². The number of nitrogen functional groups attached to an aromatic ring is 1. The molecule has 2 rings (SSSR count). The SMILES string of the molecule is COc1ccc(Nc2cc(NN)nc(C(C)(C)C)n2)cc1. The molecule has 0 aliphatic heterocycles. The Bertz CT molecular complexity index is 604. The third-order valence-corrected chi connectivity index (χ3v) is 2.91. The number of nitrogens with one attached hydrogen (secondary N) is 2. The molecular weight excluding hydrogens is 266 g/mol. The Labute approximate surface area is 124 Å². The van der Waals surface area contributed by atoms with Gasteiger partial charge in [0.1, 0.15) is 23.2 Å². The third kappa shape index (κ3) is 3.82. The number of ether oxygens (including phenoxy) is 1. The van der Waals surface area contributed by atoms with Gasteiger partial charge in [0.15, 0.2) is 0 Å². The second-order valence-corrected chi connectivity index (χ2v) is 5.71. The van der Waals surface area contributed by atoms with Gasteiger partial charge in [-0.15, -0.1) is 0 Å². The van der Waals surface area contributed by atoms with E-state index in [1.807, 2.05) is 24.3 Å². The Kier molecular flexibility index (Phi) is 4.28. The second-order valence-electron chi connectivity index (χ2n) is 5.71. The van der Waals surface area contributed by atoms with Gasteiger partial charge in [-0.3, -0.25) is 0 Å². The highest BCUT2D eigenvalue weighted by Crippen LogP contribution is 2.24. The van der Waals surface area contributed by atoms with Crippen molar-refractivity contribution in [3.8, 4) is 5.75 Å². The first-order valence-corrected chi connectivity index (χ1v) is 6.69. The fraction of sp³-hybridized carbons (Fsp3) is 0.333. The molecule has 0 atom stereocenters. The average Bonchev–Trinajstić information content (AvgIpc) is 2.46. The lowest BCUT2D eigenvalue weighted by atomic mass is 9.96. The minimum Gasteiger partial charge on any atom is -0.497 e. The van der Waals surface area contributed by atoms with E-state index in [-0.39, 0.29) is 5.41 Å². The Morgan fingerprint density at radius 2 is 1.67 bits per heavy atom. The monoisotopic (exact) mass is 287 g/mol. The van der Waals surface area contributed by atoms with E-state index in [2.05, 4.69) is 41.5 Å². The molecule has 0 bridgehead atoms. The smallest absolute Gasteiger partial charge is 0.145 e. The van der Waals surface area contributed by atoms with E-state index >= 15 is 0 Å². The Morgan fingerprint density at radius 3 is 2.19 bits per heavy atom. The standard InChI is InChI=1S/C15H21N5O/c1-15(2,3)14-18-12(9-13(19-14)20-16)17-10-5-7-11(21-4)8-6-10/h5-9H,16H2,1-4H3,(H2,17,18,19,20). The van der Waals surface area contributed by atoms with Crippen molar-refractivity contribution >= 4 is 17.3 Å². The molecule has 0 fully saturated rings. The van der Waals surface area contributed by atoms with Gasteiger partial charge in [0.05, 0.1) is 7.11 Å². The van der Waals surface area contributed by atoms with Gasteiger partial charge in [-0.05, 0) is 24.3 Å². The first kappa shape index (κ1) is 15.1. The molecule has 0 spiro atoms. The number of hydrogen-bond acceptors (Lipinski definition) is 6. The lowest BCUT2D eigenvalue weighted by molar-refractivity contribution is 0.415. The van der Waals surface area contributed by atoms with Gasteiger partial charge in [-0.2, -0.15) is 0 Å². The van der Waals surface area contributed by atoms with Crippen LogP contribution in [0.15, 0.2) is 30.3 Å². The zero-order valence-electron chi connectivity index (χ0n) is 12.8. The van der Waals surface area contributed by atoms with E-state index in [1.165, 1.54) is 0 Å². The summed E-state index contributed by atoms with van der Waals surface area (Å²) in [7, 11) is 1.64. The predicted octanol–water partition coefficient (Wildman–Crippen LogP) is 2.81. The second kappa shape index (κ2) is 5.97. The molecule has 0 amide bonds. The molecule has 1 heterocycles. The van der Waals surface area contributed by atoms with Gasteiger partial charge < -0.3 is 15.5 Å². The van der Waals surface area contributed by atoms with E-state index in [0.29, 0.717) is 17.5 Å². The number of hydrazine groups is 1. The number of benzene rings is 1. The molecule has 2 aromatic rings. The van der Waals surface area contributed by atoms with Crippen molar-refractivity contribution < 1.29 is 4.74 Å². The number of methoxy groups -OCH3 is 1. The van der Waals surface area contributed by atoms with E-state index in [1.54, 1.807) is 13.2 Å². The minimum absolute atomic E-state index is 0.163. The molecule has 4 N–H and O–H groups in total. The van der Waals surface area contributed by atoms with Gasteiger partial charge in [0.2, 0.25) is 0 Å². The van der Waals surface area contributed by atoms with Gasteiger partial charge in [0, 0.05) is 17.2 Å². The third-order valence-electron chi connectivity index (χ3n) is 2.91. The Balaban J connectivity index is 2.29. The van der Waals surface area contributed by atoms with E-state index in [9.17, 15) is 0 Å². The van der Waals surface area contributed by atoms with Crippen molar-refractivity contribution in [2.75, 3.05) is 17.9 Å². The van der Waals surface area contributed by atoms with E-state index in [4.69, 9.17) is 10.6 Å². The Hall–Kier alpha value is -2.34. The van der Waals surface area contributed by atoms with Crippen molar-refractivity contribution in [3.05, 3.63) is 36.2 Å². The van der Waals surface area contributed by atoms with Crippen LogP contribution in [0.25, 0.3) is 0 Å². The molecule has 112 valence electrons. The molecule has 0 saturated heterocycles. The first-order valence-electron chi connectivity index (χ1n) is 6.69. The summed E-state index contributed by atoms with van der Waals surface area (Å²) in [6.45, 7) is 6.17. The van der Waals surface area contributed by atoms with Crippen LogP contribution in [0, 0.1) is 0 Å². The van der Waals surface area contributed by atoms with Crippen molar-refractivity contribution in [2.24, 2.45) is 5.84 Å². The van der Waals surface area contributed by atoms with Crippen LogP contribution in [0.4, 0.5) is 17.3 Å². The van der Waals surface area contributed by atoms with Gasteiger partial charge in [-0.1, -0.05) is 20.8 Å². The largest absolute Gasteiger partial charge is 0.497 e. The van der Waals surface area contributed by atoms with E-state index in [0.717, 1.165) is 11.4 Å². The predicted molar refractivity (Wildman–Crippen MR) is 84.8 cm³/mol. The maximum atomic E-state index is 5.48. The van der Waals surface area contributed by atoms with Crippen LogP contribution >= 0.6 is 0 Å². The minimum atomic E-state index is -0.163. The fourth-order valence-electron chi connectivity index (χ4n) is 1.74. The highest BCUT2D eigenvalue weighted by atomic mass is 16.5. The quantitative estimate of drug-likeness (QED) is 0.592. The van der Waals surface area contributed by atoms with Crippen LogP contribution in [0.2, 0.25) is 0 Å². The normalized spacial score (nSPS) is 11.1. The highest BCUT2D eigenvalue weighted by molar-refractivity contribution is 5.60. The molecule has 0 aliphatic carbocycles. The zero-order valence-corrected chi connectivity index (χ0v) is 12.8. The average molecular weight is 287 g/mol. The summed E-state index contributed by atoms with van der Waals surface area (Å²) in [6.07, 6.45) is 0. The van der Waals surface area contributed by atoms with Crippen LogP contribution < -0.4 is 21.3 Å². The van der Waals surface area contributed by atoms with Crippen molar-refractivity contribution in [3.63, 3.8) is 0 Å². The molecule has 0 radical (unpaired) electrons. The summed E-state index contributed by atoms with van der Waals surface area (Å²) < 4.78 is 5.14. The summed E-state index contributed by atoms with van der Waals surface area (Å²) in [4.78, 5) is 8.93. The lowest BCUT2D eigenvalue weighted by Crippen LogP contribution is -2.19. The van der Waals surface area contributed by atoms with E-state index < -0.39 is 0 Å². The Morgan fingerprint density at radius 1 is 1.05 bits per heavy atom. The summed E-state index contributed by atoms with van der Waals surface area (Å²) >= 11 is 0. The number of anilines is 3. The summed E-state index contributed by atoms with van der Waals surface area (Å²) in [5, 5.41) is 3.24. The summed E-state index contributed by atoms with van der Waals surface area (Å²) in [5.74, 6) is 8.27. The fourth-order valence-corrected chi connectivity index (χ4v) is 1.74. The molecule has 0 saturated carbocycles. The number of hydrogen-bond donors (Lipinski definition) is 3. The zero-order chi connectivity index (χ0) is 15.5. The van der Waals surface area contributed by atoms with Gasteiger partial charge >= 0.3 is 0 Å². The molecule has 1 aromatic carbocycles. The molecule has 6 heteroatoms. The van der Waals surface area contributed by atoms with Crippen molar-refractivity contribution in [1.29, 1.82) is 0 Å². The first-order chi connectivity index (χ1) is 9.92. The van der Waals surface area contributed by atoms with Crippen LogP contribution in [0.1, 0.15) is 26.6 Å². The lowest BCUT2D eigenvalue weighted by Gasteiger charge is -2.18. The van der Waals surface area contributed by atoms with Gasteiger partial charge in [0.25, 0.3) is 0 Å². The highest BCUT2D eigenvalue weighted by Gasteiger charge is 2.19. The number of rotatable bonds is 4. The van der Waals surface area contributed by atoms with Gasteiger partial charge in [-0.25, -0.2) is 15.8 Å². The molecule has 6 nitrogen and oxygen atoms in total.